The van der Waals surface area contributed by atoms with Crippen LogP contribution in [0.15, 0.2) is 24.5 Å². The SMILES string of the molecule is CCC[C@H](C)CC(=O)NC1CCN(C(=O)c2ccncc2)CC1. The van der Waals surface area contributed by atoms with Crippen molar-refractivity contribution in [3.63, 3.8) is 0 Å². The highest BCUT2D eigenvalue weighted by Gasteiger charge is 2.24. The van der Waals surface area contributed by atoms with Gasteiger partial charge in [0.25, 0.3) is 5.91 Å². The lowest BCUT2D eigenvalue weighted by atomic mass is 10.00. The summed E-state index contributed by atoms with van der Waals surface area (Å²) >= 11 is 0. The molecule has 1 aromatic rings. The largest absolute Gasteiger partial charge is 0.353 e. The monoisotopic (exact) mass is 317 g/mol. The maximum atomic E-state index is 12.4. The minimum atomic E-state index is 0.0498. The summed E-state index contributed by atoms with van der Waals surface area (Å²) in [6.07, 6.45) is 7.73. The van der Waals surface area contributed by atoms with Crippen LogP contribution in [-0.4, -0.2) is 40.8 Å². The number of nitrogens with zero attached hydrogens (tertiary/aromatic N) is 2. The molecule has 23 heavy (non-hydrogen) atoms. The van der Waals surface area contributed by atoms with Crippen LogP contribution in [0.5, 0.6) is 0 Å². The summed E-state index contributed by atoms with van der Waals surface area (Å²) < 4.78 is 0. The number of piperidine rings is 1. The molecule has 2 amide bonds. The third kappa shape index (κ3) is 5.34. The van der Waals surface area contributed by atoms with E-state index < -0.39 is 0 Å². The number of hydrogen-bond acceptors (Lipinski definition) is 3. The summed E-state index contributed by atoms with van der Waals surface area (Å²) in [5.74, 6) is 0.631. The molecule has 2 heterocycles. The van der Waals surface area contributed by atoms with Gasteiger partial charge in [-0.2, -0.15) is 0 Å². The second kappa shape index (κ2) is 8.65. The van der Waals surface area contributed by atoms with Crippen LogP contribution in [0, 0.1) is 5.92 Å². The normalized spacial score (nSPS) is 16.9. The van der Waals surface area contributed by atoms with E-state index in [0.29, 0.717) is 31.0 Å². The van der Waals surface area contributed by atoms with Crippen LogP contribution in [0.25, 0.3) is 0 Å². The Kier molecular flexibility index (Phi) is 6.56. The van der Waals surface area contributed by atoms with Crippen molar-refractivity contribution in [1.82, 2.24) is 15.2 Å². The zero-order valence-corrected chi connectivity index (χ0v) is 14.1. The Hall–Kier alpha value is -1.91. The van der Waals surface area contributed by atoms with Crippen molar-refractivity contribution in [2.24, 2.45) is 5.92 Å². The van der Waals surface area contributed by atoms with Crippen LogP contribution in [-0.2, 0) is 4.79 Å². The van der Waals surface area contributed by atoms with Crippen LogP contribution in [0.1, 0.15) is 56.3 Å². The molecule has 0 aromatic carbocycles. The fourth-order valence-electron chi connectivity index (χ4n) is 3.10. The van der Waals surface area contributed by atoms with E-state index in [9.17, 15) is 9.59 Å². The highest BCUT2D eigenvalue weighted by molar-refractivity contribution is 5.94. The van der Waals surface area contributed by atoms with E-state index >= 15 is 0 Å². The molecular formula is C18H27N3O2. The predicted molar refractivity (Wildman–Crippen MR) is 90.0 cm³/mol. The van der Waals surface area contributed by atoms with Crippen molar-refractivity contribution in [3.8, 4) is 0 Å². The quantitative estimate of drug-likeness (QED) is 0.877. The molecule has 0 spiro atoms. The van der Waals surface area contributed by atoms with E-state index in [0.717, 1.165) is 25.7 Å². The van der Waals surface area contributed by atoms with Crippen molar-refractivity contribution in [2.75, 3.05) is 13.1 Å². The lowest BCUT2D eigenvalue weighted by molar-refractivity contribution is -0.122. The molecule has 126 valence electrons. The molecule has 1 N–H and O–H groups in total. The van der Waals surface area contributed by atoms with E-state index in [4.69, 9.17) is 0 Å². The summed E-state index contributed by atoms with van der Waals surface area (Å²) in [6.45, 7) is 5.65. The number of carbonyl (C=O) groups excluding carboxylic acids is 2. The number of pyridine rings is 1. The van der Waals surface area contributed by atoms with Gasteiger partial charge in [-0.15, -0.1) is 0 Å². The first-order valence-electron chi connectivity index (χ1n) is 8.58. The van der Waals surface area contributed by atoms with Gasteiger partial charge in [-0.3, -0.25) is 14.6 Å². The van der Waals surface area contributed by atoms with Crippen LogP contribution in [0.2, 0.25) is 0 Å². The van der Waals surface area contributed by atoms with Crippen molar-refractivity contribution in [2.45, 2.75) is 52.0 Å². The van der Waals surface area contributed by atoms with Crippen molar-refractivity contribution in [3.05, 3.63) is 30.1 Å². The van der Waals surface area contributed by atoms with Gasteiger partial charge in [-0.1, -0.05) is 26.7 Å². The van der Waals surface area contributed by atoms with Gasteiger partial charge >= 0.3 is 0 Å². The number of carbonyl (C=O) groups is 2. The third-order valence-electron chi connectivity index (χ3n) is 4.39. The Bertz CT molecular complexity index is 510. The van der Waals surface area contributed by atoms with Gasteiger partial charge in [0.05, 0.1) is 0 Å². The fraction of sp³-hybridized carbons (Fsp3) is 0.611. The second-order valence-corrected chi connectivity index (χ2v) is 6.47. The molecule has 0 saturated carbocycles. The number of rotatable bonds is 6. The Morgan fingerprint density at radius 1 is 1.30 bits per heavy atom. The summed E-state index contributed by atoms with van der Waals surface area (Å²) in [5.41, 5.74) is 0.677. The Morgan fingerprint density at radius 2 is 1.96 bits per heavy atom. The molecule has 5 nitrogen and oxygen atoms in total. The van der Waals surface area contributed by atoms with Gasteiger partial charge in [-0.05, 0) is 30.9 Å². The third-order valence-corrected chi connectivity index (χ3v) is 4.39. The lowest BCUT2D eigenvalue weighted by Crippen LogP contribution is -2.46. The summed E-state index contributed by atoms with van der Waals surface area (Å²) in [5, 5.41) is 3.12. The molecule has 0 radical (unpaired) electrons. The van der Waals surface area contributed by atoms with Crippen LogP contribution in [0.4, 0.5) is 0 Å². The minimum Gasteiger partial charge on any atom is -0.353 e. The molecule has 2 rings (SSSR count). The molecule has 1 fully saturated rings. The fourth-order valence-corrected chi connectivity index (χ4v) is 3.10. The molecule has 1 aliphatic heterocycles. The first-order chi connectivity index (χ1) is 11.1. The summed E-state index contributed by atoms with van der Waals surface area (Å²) in [7, 11) is 0. The van der Waals surface area contributed by atoms with E-state index in [2.05, 4.69) is 24.1 Å². The number of aromatic nitrogens is 1. The van der Waals surface area contributed by atoms with Crippen molar-refractivity contribution in [1.29, 1.82) is 0 Å². The average Bonchev–Trinajstić information content (AvgIpc) is 2.56. The molecular weight excluding hydrogens is 290 g/mol. The average molecular weight is 317 g/mol. The van der Waals surface area contributed by atoms with Gasteiger partial charge in [0.15, 0.2) is 0 Å². The molecule has 1 aliphatic rings. The number of amides is 2. The van der Waals surface area contributed by atoms with E-state index in [-0.39, 0.29) is 17.9 Å². The maximum Gasteiger partial charge on any atom is 0.253 e. The zero-order chi connectivity index (χ0) is 16.7. The number of likely N-dealkylation sites (tertiary alicyclic amines) is 1. The van der Waals surface area contributed by atoms with E-state index in [1.165, 1.54) is 0 Å². The minimum absolute atomic E-state index is 0.0498. The Labute approximate surface area is 138 Å². The molecule has 0 unspecified atom stereocenters. The Morgan fingerprint density at radius 3 is 2.57 bits per heavy atom. The zero-order valence-electron chi connectivity index (χ0n) is 14.1. The number of hydrogen-bond donors (Lipinski definition) is 1. The van der Waals surface area contributed by atoms with Gasteiger partial charge in [0.2, 0.25) is 5.91 Å². The van der Waals surface area contributed by atoms with Gasteiger partial charge in [-0.25, -0.2) is 0 Å². The van der Waals surface area contributed by atoms with Crippen molar-refractivity contribution >= 4 is 11.8 Å². The van der Waals surface area contributed by atoms with Crippen LogP contribution < -0.4 is 5.32 Å². The second-order valence-electron chi connectivity index (χ2n) is 6.47. The molecule has 0 aliphatic carbocycles. The molecule has 1 aromatic heterocycles. The summed E-state index contributed by atoms with van der Waals surface area (Å²) in [6, 6.07) is 3.68. The molecule has 1 saturated heterocycles. The molecule has 5 heteroatoms. The highest BCUT2D eigenvalue weighted by Crippen LogP contribution is 2.15. The first kappa shape index (κ1) is 17.4. The molecule has 0 bridgehead atoms. The van der Waals surface area contributed by atoms with Gasteiger partial charge in [0, 0.05) is 43.5 Å². The van der Waals surface area contributed by atoms with E-state index in [1.807, 2.05) is 4.90 Å². The predicted octanol–water partition coefficient (Wildman–Crippen LogP) is 2.63. The topological polar surface area (TPSA) is 62.3 Å². The summed E-state index contributed by atoms with van der Waals surface area (Å²) in [4.78, 5) is 30.2. The smallest absolute Gasteiger partial charge is 0.253 e. The first-order valence-corrected chi connectivity index (χ1v) is 8.58. The maximum absolute atomic E-state index is 12.4. The standard InChI is InChI=1S/C18H27N3O2/c1-3-4-14(2)13-17(22)20-16-7-11-21(12-8-16)18(23)15-5-9-19-10-6-15/h5-6,9-10,14,16H,3-4,7-8,11-13H2,1-2H3,(H,20,22)/t14-/m0/s1. The lowest BCUT2D eigenvalue weighted by Gasteiger charge is -2.32. The van der Waals surface area contributed by atoms with Gasteiger partial charge in [0.1, 0.15) is 0 Å². The van der Waals surface area contributed by atoms with E-state index in [1.54, 1.807) is 24.5 Å². The van der Waals surface area contributed by atoms with Crippen LogP contribution in [0.3, 0.4) is 0 Å². The molecule has 1 atom stereocenters. The highest BCUT2D eigenvalue weighted by atomic mass is 16.2. The van der Waals surface area contributed by atoms with Crippen LogP contribution >= 0.6 is 0 Å². The number of nitrogens with one attached hydrogen (secondary N) is 1. The van der Waals surface area contributed by atoms with Crippen molar-refractivity contribution < 1.29 is 9.59 Å². The van der Waals surface area contributed by atoms with Gasteiger partial charge < -0.3 is 10.2 Å². The Balaban J connectivity index is 1.75.